The molecule has 0 aliphatic carbocycles. The largest absolute Gasteiger partial charge is 0.460 e. The van der Waals surface area contributed by atoms with E-state index in [1.807, 2.05) is 12.1 Å². The van der Waals surface area contributed by atoms with Crippen molar-refractivity contribution in [3.63, 3.8) is 0 Å². The lowest BCUT2D eigenvalue weighted by molar-refractivity contribution is -0.158. The summed E-state index contributed by atoms with van der Waals surface area (Å²) in [4.78, 5) is 188. The van der Waals surface area contributed by atoms with Crippen LogP contribution in [0.1, 0.15) is 359 Å². The van der Waals surface area contributed by atoms with E-state index in [2.05, 4.69) is 63.7 Å². The molecule has 0 saturated heterocycles. The van der Waals surface area contributed by atoms with Gasteiger partial charge in [-0.05, 0) is 315 Å². The molecule has 0 radical (unpaired) electrons. The number of nitrogens with one attached hydrogen (secondary N) is 4. The maximum absolute atomic E-state index is 15.8. The van der Waals surface area contributed by atoms with Crippen molar-refractivity contribution in [2.75, 3.05) is 0 Å². The van der Waals surface area contributed by atoms with E-state index < -0.39 is 169 Å². The first-order valence-electron chi connectivity index (χ1n) is 43.5. The lowest BCUT2D eigenvalue weighted by Gasteiger charge is -2.39. The highest BCUT2D eigenvalue weighted by Crippen LogP contribution is 2.39. The van der Waals surface area contributed by atoms with Gasteiger partial charge in [-0.1, -0.05) is 54.6 Å². The molecular formula is C96H148N4O22. The van der Waals surface area contributed by atoms with Gasteiger partial charge >= 0.3 is 53.7 Å². The molecule has 26 heteroatoms. The van der Waals surface area contributed by atoms with Gasteiger partial charge < -0.3 is 63.9 Å². The van der Waals surface area contributed by atoms with Gasteiger partial charge in [0.05, 0.1) is 0 Å². The highest BCUT2D eigenvalue weighted by atomic mass is 16.6. The van der Waals surface area contributed by atoms with E-state index in [0.717, 1.165) is 37.9 Å². The molecule has 4 aromatic carbocycles. The Bertz CT molecular complexity index is 3700. The Labute approximate surface area is 725 Å². The number of hydrogen-bond donors (Lipinski definition) is 4. The van der Waals surface area contributed by atoms with Crippen LogP contribution in [0.2, 0.25) is 0 Å². The standard InChI is InChI=1S/C96H148N4O22/c1-84(2,3)114-73(105)43-55-94(56-44-74(106)115-85(4,5)6,57-45-75(107)116-86(7,8)9)98-70(102)40-52-93(97-69(101)33-29-30-64-34-35-67-37-36-65-31-28-32-66-38-39-68(64)83(67)82(65)66,53-41-71(103)99-95(58-46-76(108)117-87(10,11)12,59-47-77(109)118-88(13,14)15)60-48-78(110)119-89(16,17)18)54-42-72(104)100-96(61-49-79(111)120-90(19,20)21,62-50-80(112)121-91(22,23)24)63-51-81(113)122-92(25,26)27/h28,31-32,34-39H,29-30,33,40-63H2,1-27H3,(H,97,101)(H,98,102)(H,99,103)(H,100,104). The molecule has 4 amide bonds. The lowest BCUT2D eigenvalue weighted by Crippen LogP contribution is -2.54. The number of carbonyl (C=O) groups excluding carboxylic acids is 13. The van der Waals surface area contributed by atoms with Crippen LogP contribution in [-0.2, 0) is 111 Å². The van der Waals surface area contributed by atoms with Gasteiger partial charge in [-0.25, -0.2) is 0 Å². The summed E-state index contributed by atoms with van der Waals surface area (Å²) in [5, 5.41) is 19.1. The Balaban J connectivity index is 2.12. The molecule has 0 aliphatic rings. The van der Waals surface area contributed by atoms with Gasteiger partial charge in [0.15, 0.2) is 0 Å². The summed E-state index contributed by atoms with van der Waals surface area (Å²) in [6.07, 6.45) is -6.20. The molecule has 0 aliphatic heterocycles. The zero-order valence-electron chi connectivity index (χ0n) is 78.8. The number of ether oxygens (including phenoxy) is 9. The number of esters is 9. The molecule has 0 atom stereocenters. The fourth-order valence-electron chi connectivity index (χ4n) is 14.8. The second-order valence-corrected chi connectivity index (χ2v) is 42.0. The summed E-state index contributed by atoms with van der Waals surface area (Å²) in [5.74, 6) is -8.46. The Morgan fingerprint density at radius 1 is 0.221 bits per heavy atom. The van der Waals surface area contributed by atoms with E-state index in [1.54, 1.807) is 187 Å². The Hall–Kier alpha value is -8.97. The molecule has 0 unspecified atom stereocenters. The van der Waals surface area contributed by atoms with Crippen LogP contribution in [0.3, 0.4) is 0 Å². The molecule has 0 heterocycles. The monoisotopic (exact) mass is 1710 g/mol. The van der Waals surface area contributed by atoms with Crippen molar-refractivity contribution < 1.29 is 105 Å². The zero-order chi connectivity index (χ0) is 92.7. The van der Waals surface area contributed by atoms with Crippen LogP contribution < -0.4 is 21.3 Å². The maximum atomic E-state index is 15.8. The van der Waals surface area contributed by atoms with Crippen molar-refractivity contribution >= 4 is 110 Å². The molecule has 684 valence electrons. The molecule has 26 nitrogen and oxygen atoms in total. The van der Waals surface area contributed by atoms with Gasteiger partial charge in [0, 0.05) is 106 Å². The lowest BCUT2D eigenvalue weighted by atomic mass is 9.80. The van der Waals surface area contributed by atoms with Crippen molar-refractivity contribution in [1.82, 2.24) is 21.3 Å². The number of rotatable bonds is 44. The first-order chi connectivity index (χ1) is 55.6. The van der Waals surface area contributed by atoms with Crippen molar-refractivity contribution in [1.29, 1.82) is 0 Å². The Kier molecular flexibility index (Phi) is 37.6. The SMILES string of the molecule is CC(C)(C)OC(=O)CCC(CCC(=O)OC(C)(C)C)(CCC(=O)OC(C)(C)C)NC(=O)CCC(CCC(=O)NC(CCC(=O)OC(C)(C)C)(CCC(=O)OC(C)(C)C)CCC(=O)OC(C)(C)C)(CCC(=O)NC(CCC(=O)OC(C)(C)C)(CCC(=O)OC(C)(C)C)CCC(=O)OC(C)(C)C)NC(=O)CCCc1ccc2ccc3cccc4ccc1c2c34. The highest BCUT2D eigenvalue weighted by molar-refractivity contribution is 6.23. The van der Waals surface area contributed by atoms with Gasteiger partial charge in [-0.3, -0.25) is 62.3 Å². The maximum Gasteiger partial charge on any atom is 0.306 e. The van der Waals surface area contributed by atoms with Crippen LogP contribution in [0.4, 0.5) is 0 Å². The number of benzene rings is 4. The molecule has 4 aromatic rings. The summed E-state index contributed by atoms with van der Waals surface area (Å²) in [5.41, 5.74) is -13.9. The van der Waals surface area contributed by atoms with Gasteiger partial charge in [-0.15, -0.1) is 0 Å². The summed E-state index contributed by atoms with van der Waals surface area (Å²) >= 11 is 0. The van der Waals surface area contributed by atoms with Crippen LogP contribution in [-0.4, -0.2) is 150 Å². The fraction of sp³-hybridized carbons (Fsp3) is 0.698. The van der Waals surface area contributed by atoms with Crippen LogP contribution in [0, 0.1) is 0 Å². The third kappa shape index (κ3) is 41.9. The molecule has 0 saturated carbocycles. The van der Waals surface area contributed by atoms with E-state index in [-0.39, 0.29) is 148 Å². The Morgan fingerprint density at radius 2 is 0.402 bits per heavy atom. The number of amides is 4. The van der Waals surface area contributed by atoms with Crippen LogP contribution in [0.15, 0.2) is 54.6 Å². The van der Waals surface area contributed by atoms with Gasteiger partial charge in [0.2, 0.25) is 23.6 Å². The fourth-order valence-corrected chi connectivity index (χ4v) is 14.8. The molecule has 122 heavy (non-hydrogen) atoms. The second kappa shape index (κ2) is 43.6. The number of hydrogen-bond acceptors (Lipinski definition) is 22. The van der Waals surface area contributed by atoms with Crippen molar-refractivity contribution in [2.24, 2.45) is 0 Å². The third-order valence-corrected chi connectivity index (χ3v) is 19.6. The van der Waals surface area contributed by atoms with Crippen LogP contribution in [0.25, 0.3) is 32.3 Å². The minimum Gasteiger partial charge on any atom is -0.460 e. The first-order valence-corrected chi connectivity index (χ1v) is 43.5. The first kappa shape index (κ1) is 105. The van der Waals surface area contributed by atoms with E-state index in [0.29, 0.717) is 6.42 Å². The van der Waals surface area contributed by atoms with E-state index in [1.165, 1.54) is 0 Å². The highest BCUT2D eigenvalue weighted by Gasteiger charge is 2.43. The third-order valence-electron chi connectivity index (χ3n) is 19.6. The van der Waals surface area contributed by atoms with Gasteiger partial charge in [0.1, 0.15) is 50.4 Å². The van der Waals surface area contributed by atoms with Crippen molar-refractivity contribution in [2.45, 2.75) is 433 Å². The summed E-state index contributed by atoms with van der Waals surface area (Å²) in [7, 11) is 0. The van der Waals surface area contributed by atoms with Crippen molar-refractivity contribution in [3.8, 4) is 0 Å². The number of carbonyl (C=O) groups is 13. The summed E-state index contributed by atoms with van der Waals surface area (Å²) in [6, 6.07) is 18.6. The normalized spacial score (nSPS) is 13.0. The quantitative estimate of drug-likeness (QED) is 0.0181. The van der Waals surface area contributed by atoms with Gasteiger partial charge in [0.25, 0.3) is 0 Å². The number of aryl methyl sites for hydroxylation is 1. The average molecular weight is 1710 g/mol. The zero-order valence-corrected chi connectivity index (χ0v) is 78.8. The van der Waals surface area contributed by atoms with Crippen molar-refractivity contribution in [3.05, 3.63) is 60.2 Å². The van der Waals surface area contributed by atoms with Crippen LogP contribution in [0.5, 0.6) is 0 Å². The predicted molar refractivity (Wildman–Crippen MR) is 470 cm³/mol. The summed E-state index contributed by atoms with van der Waals surface area (Å²) < 4.78 is 52.0. The molecule has 0 fully saturated rings. The van der Waals surface area contributed by atoms with E-state index in [9.17, 15) is 43.2 Å². The molecule has 4 rings (SSSR count). The minimum absolute atomic E-state index is 0.135. The predicted octanol–water partition coefficient (Wildman–Crippen LogP) is 17.8. The van der Waals surface area contributed by atoms with E-state index >= 15 is 19.2 Å². The molecule has 0 bridgehead atoms. The molecule has 0 aromatic heterocycles. The molecule has 0 spiro atoms. The Morgan fingerprint density at radius 3 is 0.615 bits per heavy atom. The second-order valence-electron chi connectivity index (χ2n) is 42.0. The minimum atomic E-state index is -1.78. The molecular weight excluding hydrogens is 1560 g/mol. The smallest absolute Gasteiger partial charge is 0.306 e. The van der Waals surface area contributed by atoms with Crippen LogP contribution >= 0.6 is 0 Å². The topological polar surface area (TPSA) is 353 Å². The summed E-state index contributed by atoms with van der Waals surface area (Å²) in [6.45, 7) is 45.8. The molecule has 4 N–H and O–H groups in total. The average Bonchev–Trinajstić information content (AvgIpc) is 0.740. The van der Waals surface area contributed by atoms with Gasteiger partial charge in [-0.2, -0.15) is 0 Å². The van der Waals surface area contributed by atoms with E-state index in [4.69, 9.17) is 42.6 Å².